The van der Waals surface area contributed by atoms with Crippen molar-refractivity contribution >= 4 is 5.78 Å². The molecule has 2 heteroatoms. The third-order valence-electron chi connectivity index (χ3n) is 4.70. The molecule has 98 valence electrons. The standard InChI is InChI=1S/C15H26O2/c1-11(2)14(12(3)16)10-13-6-9-15(17-13)7-4-5-8-15/h11,13-14H,4-10H2,1-3H3. The number of hydrogen-bond donors (Lipinski definition) is 0. The first kappa shape index (κ1) is 13.1. The van der Waals surface area contributed by atoms with E-state index in [0.717, 1.165) is 12.8 Å². The van der Waals surface area contributed by atoms with Gasteiger partial charge >= 0.3 is 0 Å². The van der Waals surface area contributed by atoms with E-state index in [1.807, 2.05) is 0 Å². The van der Waals surface area contributed by atoms with Crippen LogP contribution in [0, 0.1) is 11.8 Å². The lowest BCUT2D eigenvalue weighted by molar-refractivity contribution is -0.124. The van der Waals surface area contributed by atoms with Crippen LogP contribution in [0.3, 0.4) is 0 Å². The second kappa shape index (κ2) is 5.09. The maximum Gasteiger partial charge on any atom is 0.133 e. The van der Waals surface area contributed by atoms with Crippen LogP contribution in [0.5, 0.6) is 0 Å². The first-order chi connectivity index (χ1) is 8.02. The Bertz CT molecular complexity index is 277. The van der Waals surface area contributed by atoms with Crippen LogP contribution in [0.25, 0.3) is 0 Å². The minimum atomic E-state index is 0.191. The summed E-state index contributed by atoms with van der Waals surface area (Å²) in [6.07, 6.45) is 8.81. The van der Waals surface area contributed by atoms with Crippen molar-refractivity contribution in [2.24, 2.45) is 11.8 Å². The molecule has 2 nitrogen and oxygen atoms in total. The van der Waals surface area contributed by atoms with Crippen LogP contribution in [-0.2, 0) is 9.53 Å². The summed E-state index contributed by atoms with van der Waals surface area (Å²) in [5.41, 5.74) is 0.211. The van der Waals surface area contributed by atoms with E-state index in [-0.39, 0.29) is 11.5 Å². The predicted molar refractivity (Wildman–Crippen MR) is 68.9 cm³/mol. The minimum Gasteiger partial charge on any atom is -0.372 e. The molecule has 2 unspecified atom stereocenters. The summed E-state index contributed by atoms with van der Waals surface area (Å²) < 4.78 is 6.29. The summed E-state index contributed by atoms with van der Waals surface area (Å²) in [7, 11) is 0. The fraction of sp³-hybridized carbons (Fsp3) is 0.933. The van der Waals surface area contributed by atoms with Crippen molar-refractivity contribution in [1.29, 1.82) is 0 Å². The van der Waals surface area contributed by atoms with Gasteiger partial charge in [0.15, 0.2) is 0 Å². The molecule has 1 saturated carbocycles. The van der Waals surface area contributed by atoms with Crippen molar-refractivity contribution in [2.75, 3.05) is 0 Å². The molecule has 0 bridgehead atoms. The van der Waals surface area contributed by atoms with Gasteiger partial charge in [-0.25, -0.2) is 0 Å². The Morgan fingerprint density at radius 1 is 1.29 bits per heavy atom. The van der Waals surface area contributed by atoms with Crippen LogP contribution in [0.4, 0.5) is 0 Å². The quantitative estimate of drug-likeness (QED) is 0.746. The summed E-state index contributed by atoms with van der Waals surface area (Å²) in [5.74, 6) is 0.962. The van der Waals surface area contributed by atoms with Gasteiger partial charge in [-0.1, -0.05) is 26.7 Å². The molecule has 2 fully saturated rings. The molecular formula is C15H26O2. The van der Waals surface area contributed by atoms with Crippen LogP contribution >= 0.6 is 0 Å². The van der Waals surface area contributed by atoms with Gasteiger partial charge in [0.25, 0.3) is 0 Å². The molecule has 2 rings (SSSR count). The normalized spacial score (nSPS) is 29.1. The van der Waals surface area contributed by atoms with Gasteiger partial charge in [0.1, 0.15) is 5.78 Å². The molecule has 1 spiro atoms. The van der Waals surface area contributed by atoms with E-state index >= 15 is 0 Å². The van der Waals surface area contributed by atoms with Crippen molar-refractivity contribution in [3.63, 3.8) is 0 Å². The van der Waals surface area contributed by atoms with Crippen molar-refractivity contribution in [3.05, 3.63) is 0 Å². The van der Waals surface area contributed by atoms with E-state index in [1.165, 1.54) is 32.1 Å². The number of Topliss-reactive ketones (excluding diaryl/α,β-unsaturated/α-hetero) is 1. The maximum absolute atomic E-state index is 11.6. The van der Waals surface area contributed by atoms with Gasteiger partial charge in [-0.05, 0) is 44.9 Å². The molecule has 2 aliphatic rings. The van der Waals surface area contributed by atoms with Gasteiger partial charge in [0, 0.05) is 5.92 Å². The summed E-state index contributed by atoms with van der Waals surface area (Å²) in [6.45, 7) is 6.02. The highest BCUT2D eigenvalue weighted by Crippen LogP contribution is 2.44. The Kier molecular flexibility index (Phi) is 3.92. The van der Waals surface area contributed by atoms with Crippen molar-refractivity contribution in [2.45, 2.75) is 77.4 Å². The van der Waals surface area contributed by atoms with E-state index in [1.54, 1.807) is 6.92 Å². The lowest BCUT2D eigenvalue weighted by atomic mass is 9.86. The number of ether oxygens (including phenoxy) is 1. The lowest BCUT2D eigenvalue weighted by Crippen LogP contribution is -2.28. The molecule has 0 aromatic rings. The molecular weight excluding hydrogens is 212 g/mol. The molecule has 2 atom stereocenters. The zero-order chi connectivity index (χ0) is 12.5. The Morgan fingerprint density at radius 2 is 1.94 bits per heavy atom. The molecule has 0 aromatic heterocycles. The summed E-state index contributed by atoms with van der Waals surface area (Å²) >= 11 is 0. The molecule has 1 aliphatic carbocycles. The van der Waals surface area contributed by atoms with E-state index in [2.05, 4.69) is 13.8 Å². The Balaban J connectivity index is 1.90. The van der Waals surface area contributed by atoms with Crippen LogP contribution in [0.1, 0.15) is 65.7 Å². The second-order valence-corrected chi connectivity index (χ2v) is 6.37. The van der Waals surface area contributed by atoms with Gasteiger partial charge in [-0.15, -0.1) is 0 Å². The topological polar surface area (TPSA) is 26.3 Å². The number of carbonyl (C=O) groups excluding carboxylic acids is 1. The zero-order valence-corrected chi connectivity index (χ0v) is 11.5. The molecule has 1 aliphatic heterocycles. The summed E-state index contributed by atoms with van der Waals surface area (Å²) in [6, 6.07) is 0. The second-order valence-electron chi connectivity index (χ2n) is 6.37. The van der Waals surface area contributed by atoms with Crippen LogP contribution in [0.15, 0.2) is 0 Å². The van der Waals surface area contributed by atoms with Gasteiger partial charge in [-0.3, -0.25) is 4.79 Å². The number of rotatable bonds is 4. The van der Waals surface area contributed by atoms with Gasteiger partial charge in [0.05, 0.1) is 11.7 Å². The largest absolute Gasteiger partial charge is 0.372 e. The number of ketones is 1. The third kappa shape index (κ3) is 2.90. The summed E-state index contributed by atoms with van der Waals surface area (Å²) in [4.78, 5) is 11.6. The highest BCUT2D eigenvalue weighted by atomic mass is 16.5. The van der Waals surface area contributed by atoms with E-state index < -0.39 is 0 Å². The Hall–Kier alpha value is -0.370. The monoisotopic (exact) mass is 238 g/mol. The molecule has 0 aromatic carbocycles. The van der Waals surface area contributed by atoms with Crippen molar-refractivity contribution in [1.82, 2.24) is 0 Å². The van der Waals surface area contributed by atoms with E-state index in [0.29, 0.717) is 17.8 Å². The van der Waals surface area contributed by atoms with Crippen LogP contribution in [0.2, 0.25) is 0 Å². The molecule has 0 amide bonds. The highest BCUT2D eigenvalue weighted by molar-refractivity contribution is 5.78. The lowest BCUT2D eigenvalue weighted by Gasteiger charge is -2.26. The third-order valence-corrected chi connectivity index (χ3v) is 4.70. The fourth-order valence-electron chi connectivity index (χ4n) is 3.64. The van der Waals surface area contributed by atoms with Crippen LogP contribution in [-0.4, -0.2) is 17.5 Å². The average Bonchev–Trinajstić information content (AvgIpc) is 2.85. The van der Waals surface area contributed by atoms with E-state index in [4.69, 9.17) is 4.74 Å². The first-order valence-electron chi connectivity index (χ1n) is 7.21. The van der Waals surface area contributed by atoms with Gasteiger partial charge < -0.3 is 4.74 Å². The summed E-state index contributed by atoms with van der Waals surface area (Å²) in [5, 5.41) is 0. The zero-order valence-electron chi connectivity index (χ0n) is 11.5. The van der Waals surface area contributed by atoms with Crippen LogP contribution < -0.4 is 0 Å². The Labute approximate surface area is 105 Å². The SMILES string of the molecule is CC(=O)C(CC1CCC2(CCCC2)O1)C(C)C. The predicted octanol–water partition coefficient (Wildman–Crippen LogP) is 3.73. The minimum absolute atomic E-state index is 0.191. The average molecular weight is 238 g/mol. The van der Waals surface area contributed by atoms with E-state index in [9.17, 15) is 4.79 Å². The van der Waals surface area contributed by atoms with Gasteiger partial charge in [-0.2, -0.15) is 0 Å². The molecule has 0 radical (unpaired) electrons. The number of hydrogen-bond acceptors (Lipinski definition) is 2. The van der Waals surface area contributed by atoms with Gasteiger partial charge in [0.2, 0.25) is 0 Å². The van der Waals surface area contributed by atoms with Crippen molar-refractivity contribution in [3.8, 4) is 0 Å². The fourth-order valence-corrected chi connectivity index (χ4v) is 3.64. The maximum atomic E-state index is 11.6. The highest BCUT2D eigenvalue weighted by Gasteiger charge is 2.42. The first-order valence-corrected chi connectivity index (χ1v) is 7.21. The molecule has 1 saturated heterocycles. The molecule has 17 heavy (non-hydrogen) atoms. The molecule has 1 heterocycles. The Morgan fingerprint density at radius 3 is 2.47 bits per heavy atom. The molecule has 0 N–H and O–H groups in total. The smallest absolute Gasteiger partial charge is 0.133 e. The number of carbonyl (C=O) groups is 1. The van der Waals surface area contributed by atoms with Crippen molar-refractivity contribution < 1.29 is 9.53 Å².